The van der Waals surface area contributed by atoms with E-state index in [-0.39, 0.29) is 44.2 Å². The first-order valence-electron chi connectivity index (χ1n) is 13.4. The number of azo groups is 1. The van der Waals surface area contributed by atoms with E-state index in [0.29, 0.717) is 23.4 Å². The number of aliphatic hydroxyl groups excluding tert-OH is 1. The molecular formula is C27H22ClN9O10S3. The molecule has 23 heteroatoms. The third-order valence-corrected chi connectivity index (χ3v) is 8.83. The molecule has 0 saturated heterocycles. The molecule has 0 amide bonds. The van der Waals surface area contributed by atoms with Gasteiger partial charge in [-0.2, -0.15) is 36.8 Å². The van der Waals surface area contributed by atoms with Gasteiger partial charge in [-0.05, 0) is 78.5 Å². The van der Waals surface area contributed by atoms with Crippen LogP contribution in [0.25, 0.3) is 10.8 Å². The van der Waals surface area contributed by atoms with Crippen molar-refractivity contribution < 1.29 is 45.7 Å². The quantitative estimate of drug-likeness (QED) is 0.0139. The number of halogens is 1. The van der Waals surface area contributed by atoms with Crippen molar-refractivity contribution in [3.05, 3.63) is 77.6 Å². The molecule has 0 aliphatic heterocycles. The van der Waals surface area contributed by atoms with Crippen LogP contribution in [0.4, 0.5) is 40.3 Å². The van der Waals surface area contributed by atoms with Crippen LogP contribution < -0.4 is 16.4 Å². The molecule has 4 aromatic carbocycles. The van der Waals surface area contributed by atoms with E-state index in [1.807, 2.05) is 31.2 Å². The van der Waals surface area contributed by atoms with E-state index >= 15 is 0 Å². The first-order chi connectivity index (χ1) is 23.6. The molecule has 0 aliphatic rings. The van der Waals surface area contributed by atoms with Crippen LogP contribution in [0.5, 0.6) is 0 Å². The van der Waals surface area contributed by atoms with Gasteiger partial charge in [-0.1, -0.05) is 22.7 Å². The highest BCUT2D eigenvalue weighted by Crippen LogP contribution is 2.39. The predicted octanol–water partition coefficient (Wildman–Crippen LogP) is 6.32. The number of fused-ring (bicyclic) bond motifs is 1. The molecule has 0 unspecified atom stereocenters. The summed E-state index contributed by atoms with van der Waals surface area (Å²) in [5, 5.41) is 35.0. The normalized spacial score (nSPS) is 12.5. The lowest BCUT2D eigenvalue weighted by atomic mass is 10.1. The predicted molar refractivity (Wildman–Crippen MR) is 181 cm³/mol. The van der Waals surface area contributed by atoms with Gasteiger partial charge in [0.05, 0.1) is 17.7 Å². The van der Waals surface area contributed by atoms with Gasteiger partial charge in [-0.25, -0.2) is 5.26 Å². The average molecular weight is 764 g/mol. The first kappa shape index (κ1) is 36.2. The molecule has 0 spiro atoms. The zero-order chi connectivity index (χ0) is 36.2. The Kier molecular flexibility index (Phi) is 10.8. The SMILES string of the molecule is Cc1ccc(Nc2nc(Cl)nc(Nc3ccc(N=Nc4cc5c(S(=O)(=O)O)cc(SOOO)cc5cc4S(=O)(=O)O)c(N=C(N)O)c3)n2)cc1. The Bertz CT molecular complexity index is 2380. The number of anilines is 4. The van der Waals surface area contributed by atoms with Crippen molar-refractivity contribution in [1.29, 1.82) is 0 Å². The molecule has 50 heavy (non-hydrogen) atoms. The molecule has 260 valence electrons. The van der Waals surface area contributed by atoms with E-state index in [1.54, 1.807) is 0 Å². The van der Waals surface area contributed by atoms with Crippen molar-refractivity contribution in [3.63, 3.8) is 0 Å². The third-order valence-electron chi connectivity index (χ3n) is 6.33. The van der Waals surface area contributed by atoms with Crippen molar-refractivity contribution in [2.45, 2.75) is 21.6 Å². The minimum Gasteiger partial charge on any atom is -0.481 e. The number of nitrogens with two attached hydrogens (primary N) is 1. The largest absolute Gasteiger partial charge is 0.481 e. The number of nitrogens with zero attached hydrogens (tertiary/aromatic N) is 6. The number of hydrogen-bond acceptors (Lipinski definition) is 16. The van der Waals surface area contributed by atoms with Gasteiger partial charge in [0, 0.05) is 21.7 Å². The van der Waals surface area contributed by atoms with E-state index in [1.165, 1.54) is 24.3 Å². The summed E-state index contributed by atoms with van der Waals surface area (Å²) in [5.41, 5.74) is 6.69. The van der Waals surface area contributed by atoms with Crippen molar-refractivity contribution in [2.75, 3.05) is 10.6 Å². The molecule has 0 fully saturated rings. The Morgan fingerprint density at radius 1 is 0.820 bits per heavy atom. The van der Waals surface area contributed by atoms with Gasteiger partial charge >= 0.3 is 0 Å². The standard InChI is InChI=1S/C27H22ClN9O10S3/c1-13-2-4-15(5-3-13)30-26-33-24(28)34-27(35-26)31-16-6-7-19(20(10-16)32-25(29)38)36-37-21-12-18-14(9-23(21)50(43,44)45)8-17(48-47-46-39)11-22(18)49(40,41)42/h2-12,39H,1H3,(H3,29,32,38)(H,40,41,42)(H,43,44,45)(H2,30,31,33,34,35). The average Bonchev–Trinajstić information content (AvgIpc) is 3.02. The summed E-state index contributed by atoms with van der Waals surface area (Å²) in [6.07, 6.45) is 0. The Morgan fingerprint density at radius 3 is 2.06 bits per heavy atom. The van der Waals surface area contributed by atoms with Gasteiger partial charge in [-0.3, -0.25) is 9.11 Å². The van der Waals surface area contributed by atoms with Crippen LogP contribution in [-0.2, 0) is 29.6 Å². The summed E-state index contributed by atoms with van der Waals surface area (Å²) in [6.45, 7) is 1.94. The molecule has 0 atom stereocenters. The summed E-state index contributed by atoms with van der Waals surface area (Å²) < 4.78 is 73.2. The third kappa shape index (κ3) is 9.14. The maximum Gasteiger partial charge on any atom is 0.296 e. The highest BCUT2D eigenvalue weighted by Gasteiger charge is 2.23. The molecular weight excluding hydrogens is 742 g/mol. The van der Waals surface area contributed by atoms with Gasteiger partial charge in [-0.15, -0.1) is 14.6 Å². The number of rotatable bonds is 12. The van der Waals surface area contributed by atoms with E-state index < -0.39 is 41.7 Å². The van der Waals surface area contributed by atoms with Crippen molar-refractivity contribution in [3.8, 4) is 0 Å². The molecule has 19 nitrogen and oxygen atoms in total. The van der Waals surface area contributed by atoms with Crippen LogP contribution in [0.15, 0.2) is 96.6 Å². The number of aryl methyl sites for hydroxylation is 1. The fraction of sp³-hybridized carbons (Fsp3) is 0.0370. The first-order valence-corrected chi connectivity index (χ1v) is 17.4. The lowest BCUT2D eigenvalue weighted by Gasteiger charge is -2.11. The summed E-state index contributed by atoms with van der Waals surface area (Å²) in [6, 6.07) is 14.7. The van der Waals surface area contributed by atoms with Gasteiger partial charge in [0.2, 0.25) is 17.2 Å². The highest BCUT2D eigenvalue weighted by molar-refractivity contribution is 7.94. The number of hydrogen-bond donors (Lipinski definition) is 7. The molecule has 5 rings (SSSR count). The number of nitrogens with one attached hydrogen (secondary N) is 2. The van der Waals surface area contributed by atoms with E-state index in [0.717, 1.165) is 23.8 Å². The molecule has 1 aromatic heterocycles. The molecule has 0 saturated carbocycles. The van der Waals surface area contributed by atoms with Gasteiger partial charge in [0.25, 0.3) is 26.3 Å². The summed E-state index contributed by atoms with van der Waals surface area (Å²) >= 11 is 6.44. The van der Waals surface area contributed by atoms with Crippen LogP contribution in [0.3, 0.4) is 0 Å². The minimum atomic E-state index is -5.01. The second-order valence-corrected chi connectivity index (χ2v) is 13.8. The van der Waals surface area contributed by atoms with Crippen LogP contribution in [0, 0.1) is 6.92 Å². The summed E-state index contributed by atoms with van der Waals surface area (Å²) in [4.78, 5) is 14.7. The fourth-order valence-electron chi connectivity index (χ4n) is 4.28. The topological polar surface area (TPSA) is 293 Å². The second-order valence-electron chi connectivity index (χ2n) is 9.88. The molecule has 0 radical (unpaired) electrons. The molecule has 0 bridgehead atoms. The Balaban J connectivity index is 1.53. The second kappa shape index (κ2) is 14.8. The maximum absolute atomic E-state index is 12.3. The monoisotopic (exact) mass is 763 g/mol. The van der Waals surface area contributed by atoms with Crippen LogP contribution in [0.1, 0.15) is 5.56 Å². The maximum atomic E-state index is 12.3. The zero-order valence-electron chi connectivity index (χ0n) is 25.0. The summed E-state index contributed by atoms with van der Waals surface area (Å²) in [5.74, 6) is 0.144. The molecule has 8 N–H and O–H groups in total. The highest BCUT2D eigenvalue weighted by atomic mass is 35.5. The lowest BCUT2D eigenvalue weighted by molar-refractivity contribution is -0.432. The number of aromatic nitrogens is 3. The summed E-state index contributed by atoms with van der Waals surface area (Å²) in [7, 11) is -9.94. The van der Waals surface area contributed by atoms with E-state index in [4.69, 9.17) is 22.6 Å². The van der Waals surface area contributed by atoms with Gasteiger partial charge in [0.15, 0.2) is 0 Å². The van der Waals surface area contributed by atoms with Crippen LogP contribution in [0.2, 0.25) is 5.28 Å². The molecule has 0 aliphatic carbocycles. The Morgan fingerprint density at radius 2 is 1.44 bits per heavy atom. The van der Waals surface area contributed by atoms with Crippen molar-refractivity contribution in [1.82, 2.24) is 15.0 Å². The molecule has 5 aromatic rings. The number of aliphatic hydroxyl groups is 1. The Labute approximate surface area is 291 Å². The van der Waals surface area contributed by atoms with Crippen molar-refractivity contribution >= 4 is 101 Å². The zero-order valence-corrected chi connectivity index (χ0v) is 28.2. The van der Waals surface area contributed by atoms with Crippen LogP contribution in [-0.4, -0.2) is 57.3 Å². The van der Waals surface area contributed by atoms with Gasteiger partial charge in [0.1, 0.15) is 21.2 Å². The fourth-order valence-corrected chi connectivity index (χ4v) is 6.34. The number of aliphatic imine (C=N–C) groups is 1. The van der Waals surface area contributed by atoms with E-state index in [2.05, 4.69) is 50.2 Å². The number of benzene rings is 4. The van der Waals surface area contributed by atoms with Crippen LogP contribution >= 0.6 is 23.6 Å². The lowest BCUT2D eigenvalue weighted by Crippen LogP contribution is -2.08. The molecule has 1 heterocycles. The van der Waals surface area contributed by atoms with Crippen molar-refractivity contribution in [2.24, 2.45) is 21.0 Å². The van der Waals surface area contributed by atoms with Gasteiger partial charge < -0.3 is 21.5 Å². The smallest absolute Gasteiger partial charge is 0.296 e. The van der Waals surface area contributed by atoms with E-state index in [9.17, 15) is 31.0 Å². The Hall–Kier alpha value is -5.04. The minimum absolute atomic E-state index is 0.0153. The number of amidine groups is 1.